The lowest BCUT2D eigenvalue weighted by Gasteiger charge is -2.25. The van der Waals surface area contributed by atoms with Crippen LogP contribution in [-0.2, 0) is 0 Å². The summed E-state index contributed by atoms with van der Waals surface area (Å²) in [6, 6.07) is 9.31. The summed E-state index contributed by atoms with van der Waals surface area (Å²) in [4.78, 5) is 5.21. The van der Waals surface area contributed by atoms with E-state index in [9.17, 15) is 0 Å². The number of hydrogen-bond acceptors (Lipinski definition) is 4. The van der Waals surface area contributed by atoms with Gasteiger partial charge in [-0.3, -0.25) is 4.90 Å². The summed E-state index contributed by atoms with van der Waals surface area (Å²) in [5, 5.41) is 0. The summed E-state index contributed by atoms with van der Waals surface area (Å²) in [6.07, 6.45) is 5.15. The molecule has 0 spiro atoms. The van der Waals surface area contributed by atoms with Gasteiger partial charge in [-0.1, -0.05) is 12.1 Å². The fraction of sp³-hybridized carbons (Fsp3) is 0.647. The second-order valence-electron chi connectivity index (χ2n) is 6.38. The molecule has 0 amide bonds. The van der Waals surface area contributed by atoms with Crippen LogP contribution in [0.25, 0.3) is 0 Å². The van der Waals surface area contributed by atoms with E-state index in [0.717, 1.165) is 43.1 Å². The summed E-state index contributed by atoms with van der Waals surface area (Å²) >= 11 is 0. The van der Waals surface area contributed by atoms with E-state index in [1.54, 1.807) is 0 Å². The van der Waals surface area contributed by atoms with Gasteiger partial charge in [0.15, 0.2) is 0 Å². The minimum Gasteiger partial charge on any atom is -0.491 e. The molecule has 0 saturated carbocycles. The lowest BCUT2D eigenvalue weighted by atomic mass is 10.1. The highest BCUT2D eigenvalue weighted by molar-refractivity contribution is 5.51. The number of likely N-dealkylation sites (N-methyl/N-ethyl adjacent to an activating group) is 1. The molecule has 4 heteroatoms. The number of anilines is 1. The van der Waals surface area contributed by atoms with Crippen molar-refractivity contribution in [1.82, 2.24) is 9.80 Å². The number of fused-ring (bicyclic) bond motifs is 2. The molecule has 4 nitrogen and oxygen atoms in total. The maximum atomic E-state index is 5.88. The molecule has 2 aliphatic rings. The van der Waals surface area contributed by atoms with E-state index in [4.69, 9.17) is 10.5 Å². The molecule has 2 bridgehead atoms. The van der Waals surface area contributed by atoms with Crippen molar-refractivity contribution < 1.29 is 4.74 Å². The van der Waals surface area contributed by atoms with Crippen LogP contribution >= 0.6 is 0 Å². The number of ether oxygens (including phenoxy) is 1. The highest BCUT2D eigenvalue weighted by Gasteiger charge is 2.34. The summed E-state index contributed by atoms with van der Waals surface area (Å²) in [6.45, 7) is 4.33. The van der Waals surface area contributed by atoms with Gasteiger partial charge in [0.05, 0.1) is 12.3 Å². The van der Waals surface area contributed by atoms with E-state index in [1.165, 1.54) is 32.4 Å². The molecule has 1 aromatic rings. The van der Waals surface area contributed by atoms with Crippen molar-refractivity contribution in [1.29, 1.82) is 0 Å². The number of hydrogen-bond donors (Lipinski definition) is 1. The first-order chi connectivity index (χ1) is 10.2. The quantitative estimate of drug-likeness (QED) is 0.666. The van der Waals surface area contributed by atoms with Crippen LogP contribution in [0.3, 0.4) is 0 Å². The first kappa shape index (κ1) is 14.7. The van der Waals surface area contributed by atoms with Gasteiger partial charge in [0, 0.05) is 25.2 Å². The second kappa shape index (κ2) is 6.67. The lowest BCUT2D eigenvalue weighted by molar-refractivity contribution is 0.205. The number of benzene rings is 1. The van der Waals surface area contributed by atoms with Crippen LogP contribution in [0, 0.1) is 0 Å². The van der Waals surface area contributed by atoms with Crippen molar-refractivity contribution in [2.75, 3.05) is 39.0 Å². The third-order valence-electron chi connectivity index (χ3n) is 5.03. The van der Waals surface area contributed by atoms with E-state index >= 15 is 0 Å². The Labute approximate surface area is 127 Å². The Morgan fingerprint density at radius 3 is 2.86 bits per heavy atom. The average Bonchev–Trinajstić information content (AvgIpc) is 2.72. The topological polar surface area (TPSA) is 41.7 Å². The fourth-order valence-corrected chi connectivity index (χ4v) is 3.66. The molecule has 116 valence electrons. The van der Waals surface area contributed by atoms with Crippen LogP contribution < -0.4 is 10.5 Å². The van der Waals surface area contributed by atoms with Gasteiger partial charge in [-0.2, -0.15) is 0 Å². The van der Waals surface area contributed by atoms with Crippen molar-refractivity contribution in [3.05, 3.63) is 24.3 Å². The molecule has 2 aliphatic heterocycles. The zero-order valence-corrected chi connectivity index (χ0v) is 13.0. The maximum Gasteiger partial charge on any atom is 0.142 e. The normalized spacial score (nSPS) is 26.7. The molecule has 2 N–H and O–H groups in total. The molecule has 2 heterocycles. The Bertz CT molecular complexity index is 465. The van der Waals surface area contributed by atoms with E-state index in [0.29, 0.717) is 0 Å². The van der Waals surface area contributed by atoms with E-state index < -0.39 is 0 Å². The largest absolute Gasteiger partial charge is 0.491 e. The smallest absolute Gasteiger partial charge is 0.142 e. The monoisotopic (exact) mass is 289 g/mol. The van der Waals surface area contributed by atoms with Gasteiger partial charge in [-0.25, -0.2) is 0 Å². The van der Waals surface area contributed by atoms with Crippen LogP contribution in [0.5, 0.6) is 5.75 Å². The number of nitrogen functional groups attached to an aromatic ring is 1. The third-order valence-corrected chi connectivity index (χ3v) is 5.03. The first-order valence-electron chi connectivity index (χ1n) is 8.15. The fourth-order valence-electron chi connectivity index (χ4n) is 3.66. The molecule has 0 aliphatic carbocycles. The zero-order valence-electron chi connectivity index (χ0n) is 13.0. The number of nitrogens with two attached hydrogens (primary N) is 1. The number of rotatable bonds is 5. The molecule has 0 radical (unpaired) electrons. The summed E-state index contributed by atoms with van der Waals surface area (Å²) < 4.78 is 5.78. The summed E-state index contributed by atoms with van der Waals surface area (Å²) in [7, 11) is 2.30. The predicted molar refractivity (Wildman–Crippen MR) is 86.6 cm³/mol. The molecular formula is C17H27N3O. The molecule has 2 unspecified atom stereocenters. The average molecular weight is 289 g/mol. The molecule has 3 rings (SSSR count). The van der Waals surface area contributed by atoms with E-state index in [-0.39, 0.29) is 0 Å². The van der Waals surface area contributed by atoms with Gasteiger partial charge in [0.2, 0.25) is 0 Å². The molecule has 0 aromatic heterocycles. The van der Waals surface area contributed by atoms with Crippen LogP contribution in [0.1, 0.15) is 25.7 Å². The van der Waals surface area contributed by atoms with Gasteiger partial charge in [-0.15, -0.1) is 0 Å². The van der Waals surface area contributed by atoms with Crippen molar-refractivity contribution in [2.24, 2.45) is 0 Å². The minimum absolute atomic E-state index is 0.728. The standard InChI is InChI=1S/C17H27N3O/c1-19-14-7-8-15(19)13-20(11-9-14)10-4-12-21-17-6-3-2-5-16(17)18/h2-3,5-6,14-15H,4,7-13,18H2,1H3. The highest BCUT2D eigenvalue weighted by Crippen LogP contribution is 2.28. The number of nitrogens with zero attached hydrogens (tertiary/aromatic N) is 2. The van der Waals surface area contributed by atoms with Crippen LogP contribution in [-0.4, -0.2) is 55.2 Å². The Hall–Kier alpha value is -1.26. The zero-order chi connectivity index (χ0) is 14.7. The molecule has 2 fully saturated rings. The minimum atomic E-state index is 0.728. The van der Waals surface area contributed by atoms with Crippen molar-refractivity contribution in [3.63, 3.8) is 0 Å². The first-order valence-corrected chi connectivity index (χ1v) is 8.15. The molecular weight excluding hydrogens is 262 g/mol. The van der Waals surface area contributed by atoms with Gasteiger partial charge in [-0.05, 0) is 51.4 Å². The third kappa shape index (κ3) is 3.50. The van der Waals surface area contributed by atoms with Crippen molar-refractivity contribution >= 4 is 5.69 Å². The number of para-hydroxylation sites is 2. The molecule has 1 aromatic carbocycles. The predicted octanol–water partition coefficient (Wildman–Crippen LogP) is 2.21. The second-order valence-corrected chi connectivity index (χ2v) is 6.38. The molecule has 2 saturated heterocycles. The molecule has 21 heavy (non-hydrogen) atoms. The van der Waals surface area contributed by atoms with E-state index in [1.807, 2.05) is 24.3 Å². The highest BCUT2D eigenvalue weighted by atomic mass is 16.5. The SMILES string of the molecule is CN1C2CCC1CN(CCCOc1ccccc1N)CC2. The lowest BCUT2D eigenvalue weighted by Crippen LogP contribution is -2.37. The Kier molecular flexibility index (Phi) is 4.66. The summed E-state index contributed by atoms with van der Waals surface area (Å²) in [5.41, 5.74) is 6.61. The Morgan fingerprint density at radius 1 is 1.19 bits per heavy atom. The Morgan fingerprint density at radius 2 is 2.00 bits per heavy atom. The van der Waals surface area contributed by atoms with Gasteiger partial charge in [0.25, 0.3) is 0 Å². The van der Waals surface area contributed by atoms with Crippen molar-refractivity contribution in [2.45, 2.75) is 37.8 Å². The summed E-state index contributed by atoms with van der Waals surface area (Å²) in [5.74, 6) is 0.812. The van der Waals surface area contributed by atoms with Crippen LogP contribution in [0.4, 0.5) is 5.69 Å². The maximum absolute atomic E-state index is 5.88. The number of likely N-dealkylation sites (tertiary alicyclic amines) is 1. The van der Waals surface area contributed by atoms with Crippen LogP contribution in [0.2, 0.25) is 0 Å². The van der Waals surface area contributed by atoms with Crippen LogP contribution in [0.15, 0.2) is 24.3 Å². The van der Waals surface area contributed by atoms with Gasteiger partial charge in [0.1, 0.15) is 5.75 Å². The van der Waals surface area contributed by atoms with Gasteiger partial charge < -0.3 is 15.4 Å². The van der Waals surface area contributed by atoms with Gasteiger partial charge >= 0.3 is 0 Å². The van der Waals surface area contributed by atoms with E-state index in [2.05, 4.69) is 16.8 Å². The Balaban J connectivity index is 1.41. The molecule has 2 atom stereocenters. The van der Waals surface area contributed by atoms with Crippen molar-refractivity contribution in [3.8, 4) is 5.75 Å².